The molecule has 0 saturated carbocycles. The number of aromatic nitrogens is 3. The number of carbonyl (C=O) groups excluding carboxylic acids is 1. The summed E-state index contributed by atoms with van der Waals surface area (Å²) < 4.78 is 74.3. The maximum absolute atomic E-state index is 13.9. The van der Waals surface area contributed by atoms with Gasteiger partial charge in [0.05, 0.1) is 22.5 Å². The van der Waals surface area contributed by atoms with Gasteiger partial charge in [0.15, 0.2) is 11.4 Å². The average molecular weight is 462 g/mol. The van der Waals surface area contributed by atoms with Crippen LogP contribution in [0.3, 0.4) is 0 Å². The molecule has 0 aliphatic carbocycles. The van der Waals surface area contributed by atoms with E-state index in [2.05, 4.69) is 15.3 Å². The van der Waals surface area contributed by atoms with E-state index in [-0.39, 0.29) is 28.3 Å². The normalized spacial score (nSPS) is 11.6. The van der Waals surface area contributed by atoms with Crippen molar-refractivity contribution in [2.24, 2.45) is 0 Å². The van der Waals surface area contributed by atoms with Crippen LogP contribution in [0, 0.1) is 18.6 Å². The number of imidazole rings is 1. The first-order chi connectivity index (χ1) is 15.7. The first kappa shape index (κ1) is 22.2. The van der Waals surface area contributed by atoms with E-state index in [1.165, 1.54) is 35.7 Å². The lowest BCUT2D eigenvalue weighted by Gasteiger charge is -2.13. The minimum absolute atomic E-state index is 0.0301. The van der Waals surface area contributed by atoms with Crippen molar-refractivity contribution in [3.05, 3.63) is 89.1 Å². The molecule has 0 aliphatic rings. The van der Waals surface area contributed by atoms with E-state index in [4.69, 9.17) is 4.74 Å². The lowest BCUT2D eigenvalue weighted by atomic mass is 10.2. The van der Waals surface area contributed by atoms with Gasteiger partial charge >= 0.3 is 6.18 Å². The predicted molar refractivity (Wildman–Crippen MR) is 108 cm³/mol. The van der Waals surface area contributed by atoms with Gasteiger partial charge in [0, 0.05) is 18.6 Å². The molecule has 4 rings (SSSR count). The Bertz CT molecular complexity index is 1330. The zero-order valence-electron chi connectivity index (χ0n) is 17.0. The number of alkyl halides is 3. The molecule has 0 fully saturated rings. The number of amides is 1. The number of halogens is 5. The van der Waals surface area contributed by atoms with E-state index in [9.17, 15) is 26.7 Å². The largest absolute Gasteiger partial charge is 0.485 e. The number of carbonyl (C=O) groups is 1. The predicted octanol–water partition coefficient (Wildman–Crippen LogP) is 5.17. The minimum atomic E-state index is -4.71. The molecule has 1 aromatic carbocycles. The summed E-state index contributed by atoms with van der Waals surface area (Å²) in [7, 11) is 0. The molecule has 3 heterocycles. The van der Waals surface area contributed by atoms with Crippen LogP contribution in [0.25, 0.3) is 5.65 Å². The summed E-state index contributed by atoms with van der Waals surface area (Å²) in [5, 5.41) is 2.24. The lowest BCUT2D eigenvalue weighted by Crippen LogP contribution is -2.19. The van der Waals surface area contributed by atoms with Crippen molar-refractivity contribution in [3.63, 3.8) is 0 Å². The molecule has 0 spiro atoms. The van der Waals surface area contributed by atoms with Gasteiger partial charge in [0.2, 0.25) is 0 Å². The number of hydrogen-bond acceptors (Lipinski definition) is 4. The molecule has 170 valence electrons. The number of benzene rings is 1. The van der Waals surface area contributed by atoms with Crippen molar-refractivity contribution < 1.29 is 31.5 Å². The third-order valence-corrected chi connectivity index (χ3v) is 4.81. The summed E-state index contributed by atoms with van der Waals surface area (Å²) in [5.41, 5.74) is -1.50. The van der Waals surface area contributed by atoms with Gasteiger partial charge in [-0.2, -0.15) is 13.2 Å². The van der Waals surface area contributed by atoms with E-state index >= 15 is 0 Å². The summed E-state index contributed by atoms with van der Waals surface area (Å²) in [6.07, 6.45) is -1.50. The summed E-state index contributed by atoms with van der Waals surface area (Å²) in [4.78, 5) is 20.6. The molecule has 0 saturated heterocycles. The SMILES string of the molecule is Cc1nc2c(OCc3c(F)cccc3F)cccn2c1C(=O)Nc1ccncc1C(F)(F)F. The zero-order chi connectivity index (χ0) is 23.8. The van der Waals surface area contributed by atoms with E-state index in [0.717, 1.165) is 24.4 Å². The fourth-order valence-corrected chi connectivity index (χ4v) is 3.27. The number of pyridine rings is 2. The van der Waals surface area contributed by atoms with Gasteiger partial charge in [0.25, 0.3) is 5.91 Å². The van der Waals surface area contributed by atoms with E-state index in [1.54, 1.807) is 0 Å². The number of nitrogens with one attached hydrogen (secondary N) is 1. The molecule has 6 nitrogen and oxygen atoms in total. The van der Waals surface area contributed by atoms with Crippen LogP contribution in [0.5, 0.6) is 5.75 Å². The van der Waals surface area contributed by atoms with Crippen LogP contribution in [0.2, 0.25) is 0 Å². The molecule has 1 amide bonds. The molecule has 3 aromatic heterocycles. The Hall–Kier alpha value is -4.02. The number of fused-ring (bicyclic) bond motifs is 1. The summed E-state index contributed by atoms with van der Waals surface area (Å²) in [5.74, 6) is -2.27. The summed E-state index contributed by atoms with van der Waals surface area (Å²) in [6, 6.07) is 7.46. The van der Waals surface area contributed by atoms with Crippen LogP contribution in [0.4, 0.5) is 27.6 Å². The highest BCUT2D eigenvalue weighted by Gasteiger charge is 2.34. The number of anilines is 1. The Morgan fingerprint density at radius 2 is 1.85 bits per heavy atom. The van der Waals surface area contributed by atoms with Crippen molar-refractivity contribution in [3.8, 4) is 5.75 Å². The van der Waals surface area contributed by atoms with Gasteiger partial charge in [-0.15, -0.1) is 0 Å². The maximum atomic E-state index is 13.9. The van der Waals surface area contributed by atoms with Gasteiger partial charge in [-0.25, -0.2) is 13.8 Å². The van der Waals surface area contributed by atoms with E-state index < -0.39 is 41.6 Å². The van der Waals surface area contributed by atoms with Crippen LogP contribution in [0.1, 0.15) is 27.3 Å². The van der Waals surface area contributed by atoms with Crippen LogP contribution < -0.4 is 10.1 Å². The van der Waals surface area contributed by atoms with Crippen molar-refractivity contribution in [1.29, 1.82) is 0 Å². The summed E-state index contributed by atoms with van der Waals surface area (Å²) >= 11 is 0. The monoisotopic (exact) mass is 462 g/mol. The molecule has 4 aromatic rings. The fraction of sp³-hybridized carbons (Fsp3) is 0.136. The Labute approximate surface area is 183 Å². The molecule has 1 N–H and O–H groups in total. The van der Waals surface area contributed by atoms with Crippen LogP contribution in [0.15, 0.2) is 55.0 Å². The van der Waals surface area contributed by atoms with Gasteiger partial charge in [-0.1, -0.05) is 6.07 Å². The highest BCUT2D eigenvalue weighted by Crippen LogP contribution is 2.34. The van der Waals surface area contributed by atoms with Crippen molar-refractivity contribution in [2.45, 2.75) is 19.7 Å². The molecule has 0 atom stereocenters. The Kier molecular flexibility index (Phi) is 5.71. The van der Waals surface area contributed by atoms with Crippen molar-refractivity contribution in [2.75, 3.05) is 5.32 Å². The van der Waals surface area contributed by atoms with Crippen molar-refractivity contribution in [1.82, 2.24) is 14.4 Å². The van der Waals surface area contributed by atoms with Gasteiger partial charge in [-0.3, -0.25) is 14.2 Å². The number of rotatable bonds is 5. The third-order valence-electron chi connectivity index (χ3n) is 4.81. The molecule has 0 bridgehead atoms. The summed E-state index contributed by atoms with van der Waals surface area (Å²) in [6.45, 7) is 1.07. The van der Waals surface area contributed by atoms with E-state index in [1.807, 2.05) is 0 Å². The topological polar surface area (TPSA) is 68.5 Å². The highest BCUT2D eigenvalue weighted by molar-refractivity contribution is 6.05. The molecule has 11 heteroatoms. The molecular formula is C22H15F5N4O2. The van der Waals surface area contributed by atoms with Gasteiger partial charge in [0.1, 0.15) is 23.9 Å². The average Bonchev–Trinajstić information content (AvgIpc) is 3.09. The standard InChI is InChI=1S/C22H15F5N4O2/c1-12-19(21(32)30-17-7-8-28-10-14(17)22(25,26)27)31-9-3-6-18(20(31)29-12)33-11-13-15(23)4-2-5-16(13)24/h2-10H,11H2,1H3,(H,28,30,32). The first-order valence-electron chi connectivity index (χ1n) is 9.52. The minimum Gasteiger partial charge on any atom is -0.485 e. The molecule has 0 aliphatic heterocycles. The second-order valence-electron chi connectivity index (χ2n) is 6.97. The Balaban J connectivity index is 1.66. The van der Waals surface area contributed by atoms with Crippen LogP contribution >= 0.6 is 0 Å². The van der Waals surface area contributed by atoms with Crippen LogP contribution in [-0.2, 0) is 12.8 Å². The van der Waals surface area contributed by atoms with Gasteiger partial charge < -0.3 is 10.1 Å². The lowest BCUT2D eigenvalue weighted by molar-refractivity contribution is -0.137. The molecule has 33 heavy (non-hydrogen) atoms. The van der Waals surface area contributed by atoms with Crippen LogP contribution in [-0.4, -0.2) is 20.3 Å². The smallest absolute Gasteiger partial charge is 0.419 e. The fourth-order valence-electron chi connectivity index (χ4n) is 3.27. The number of aryl methyl sites for hydroxylation is 1. The number of ether oxygens (including phenoxy) is 1. The quantitative estimate of drug-likeness (QED) is 0.416. The number of hydrogen-bond donors (Lipinski definition) is 1. The Morgan fingerprint density at radius 3 is 2.55 bits per heavy atom. The van der Waals surface area contributed by atoms with Gasteiger partial charge in [-0.05, 0) is 37.3 Å². The molecule has 0 radical (unpaired) electrons. The first-order valence-corrected chi connectivity index (χ1v) is 9.52. The second-order valence-corrected chi connectivity index (χ2v) is 6.97. The zero-order valence-corrected chi connectivity index (χ0v) is 17.0. The highest BCUT2D eigenvalue weighted by atomic mass is 19.4. The third kappa shape index (κ3) is 4.34. The second kappa shape index (κ2) is 8.49. The maximum Gasteiger partial charge on any atom is 0.419 e. The molecular weight excluding hydrogens is 447 g/mol. The Morgan fingerprint density at radius 1 is 1.12 bits per heavy atom. The molecule has 0 unspecified atom stereocenters. The van der Waals surface area contributed by atoms with Crippen molar-refractivity contribution >= 4 is 17.2 Å². The number of nitrogens with zero attached hydrogens (tertiary/aromatic N) is 3. The van der Waals surface area contributed by atoms with E-state index in [0.29, 0.717) is 6.20 Å².